The van der Waals surface area contributed by atoms with Crippen molar-refractivity contribution < 1.29 is 22.7 Å². The highest BCUT2D eigenvalue weighted by molar-refractivity contribution is 5.95. The van der Waals surface area contributed by atoms with E-state index in [0.29, 0.717) is 0 Å². The molecule has 0 spiro atoms. The molecule has 1 aliphatic rings. The third kappa shape index (κ3) is 3.79. The lowest BCUT2D eigenvalue weighted by Gasteiger charge is -2.14. The van der Waals surface area contributed by atoms with Crippen LogP contribution >= 0.6 is 0 Å². The molecular formula is C13H15F3N2O2. The van der Waals surface area contributed by atoms with E-state index < -0.39 is 12.1 Å². The van der Waals surface area contributed by atoms with Crippen LogP contribution in [-0.2, 0) is 0 Å². The third-order valence-electron chi connectivity index (χ3n) is 3.19. The first-order valence-corrected chi connectivity index (χ1v) is 6.31. The Morgan fingerprint density at radius 2 is 1.95 bits per heavy atom. The predicted octanol–water partition coefficient (Wildman–Crippen LogP) is 2.84. The van der Waals surface area contributed by atoms with Crippen molar-refractivity contribution in [3.63, 3.8) is 0 Å². The average molecular weight is 288 g/mol. The molecule has 0 unspecified atom stereocenters. The molecular weight excluding hydrogens is 273 g/mol. The first-order chi connectivity index (χ1) is 9.35. The Labute approximate surface area is 114 Å². The van der Waals surface area contributed by atoms with Gasteiger partial charge < -0.3 is 15.8 Å². The van der Waals surface area contributed by atoms with Gasteiger partial charge in [-0.1, -0.05) is 12.8 Å². The molecule has 0 bridgehead atoms. The summed E-state index contributed by atoms with van der Waals surface area (Å²) < 4.78 is 40.0. The maximum atomic E-state index is 12.1. The van der Waals surface area contributed by atoms with Gasteiger partial charge in [0.15, 0.2) is 5.75 Å². The summed E-state index contributed by atoms with van der Waals surface area (Å²) in [6.45, 7) is 0. The summed E-state index contributed by atoms with van der Waals surface area (Å²) in [6, 6.07) is 3.63. The van der Waals surface area contributed by atoms with Crippen molar-refractivity contribution in [2.45, 2.75) is 38.1 Å². The van der Waals surface area contributed by atoms with Crippen molar-refractivity contribution in [3.8, 4) is 5.75 Å². The highest BCUT2D eigenvalue weighted by Gasteiger charge is 2.32. The van der Waals surface area contributed by atoms with Crippen molar-refractivity contribution in [2.24, 2.45) is 0 Å². The van der Waals surface area contributed by atoms with E-state index in [9.17, 15) is 18.0 Å². The molecule has 0 atom stereocenters. The van der Waals surface area contributed by atoms with Crippen LogP contribution in [0.1, 0.15) is 36.0 Å². The molecule has 0 saturated heterocycles. The highest BCUT2D eigenvalue weighted by atomic mass is 19.4. The summed E-state index contributed by atoms with van der Waals surface area (Å²) in [5, 5.41) is 2.83. The first-order valence-electron chi connectivity index (χ1n) is 6.31. The largest absolute Gasteiger partial charge is 0.573 e. The van der Waals surface area contributed by atoms with E-state index in [2.05, 4.69) is 10.1 Å². The number of rotatable bonds is 3. The fourth-order valence-corrected chi connectivity index (χ4v) is 2.25. The van der Waals surface area contributed by atoms with Gasteiger partial charge in [0.05, 0.1) is 5.69 Å². The second-order valence-corrected chi connectivity index (χ2v) is 4.76. The van der Waals surface area contributed by atoms with Crippen LogP contribution in [0.3, 0.4) is 0 Å². The molecule has 1 amide bonds. The molecule has 7 heteroatoms. The number of amides is 1. The summed E-state index contributed by atoms with van der Waals surface area (Å²) in [6.07, 6.45) is -0.800. The zero-order valence-electron chi connectivity index (χ0n) is 10.7. The van der Waals surface area contributed by atoms with Gasteiger partial charge >= 0.3 is 6.36 Å². The van der Waals surface area contributed by atoms with Gasteiger partial charge in [0.2, 0.25) is 0 Å². The summed E-state index contributed by atoms with van der Waals surface area (Å²) in [7, 11) is 0. The number of carbonyl (C=O) groups is 1. The standard InChI is InChI=1S/C13H15F3N2O2/c14-13(15,16)20-11-6-5-8(7-10(11)17)12(19)18-9-3-1-2-4-9/h5-7,9H,1-4,17H2,(H,18,19). The van der Waals surface area contributed by atoms with Crippen LogP contribution in [0.15, 0.2) is 18.2 Å². The van der Waals surface area contributed by atoms with Gasteiger partial charge in [-0.15, -0.1) is 13.2 Å². The van der Waals surface area contributed by atoms with Gasteiger partial charge in [-0.25, -0.2) is 0 Å². The van der Waals surface area contributed by atoms with E-state index in [4.69, 9.17) is 5.73 Å². The number of nitrogen functional groups attached to an aromatic ring is 1. The lowest BCUT2D eigenvalue weighted by atomic mass is 10.1. The molecule has 0 aliphatic heterocycles. The highest BCUT2D eigenvalue weighted by Crippen LogP contribution is 2.29. The predicted molar refractivity (Wildman–Crippen MR) is 67.3 cm³/mol. The van der Waals surface area contributed by atoms with E-state index in [1.807, 2.05) is 0 Å². The number of ether oxygens (including phenoxy) is 1. The Hall–Kier alpha value is -1.92. The smallest absolute Gasteiger partial charge is 0.404 e. The maximum Gasteiger partial charge on any atom is 0.573 e. The lowest BCUT2D eigenvalue weighted by molar-refractivity contribution is -0.274. The van der Waals surface area contributed by atoms with Gasteiger partial charge in [0, 0.05) is 11.6 Å². The zero-order valence-corrected chi connectivity index (χ0v) is 10.7. The summed E-state index contributed by atoms with van der Waals surface area (Å²) in [5.74, 6) is -0.836. The maximum absolute atomic E-state index is 12.1. The second kappa shape index (κ2) is 5.60. The number of halogens is 3. The fourth-order valence-electron chi connectivity index (χ4n) is 2.25. The van der Waals surface area contributed by atoms with E-state index in [1.165, 1.54) is 12.1 Å². The molecule has 3 N–H and O–H groups in total. The molecule has 20 heavy (non-hydrogen) atoms. The topological polar surface area (TPSA) is 64.4 Å². The number of anilines is 1. The van der Waals surface area contributed by atoms with Crippen molar-refractivity contribution in [3.05, 3.63) is 23.8 Å². The van der Waals surface area contributed by atoms with Crippen molar-refractivity contribution in [2.75, 3.05) is 5.73 Å². The van der Waals surface area contributed by atoms with E-state index in [1.54, 1.807) is 0 Å². The zero-order chi connectivity index (χ0) is 14.8. The number of alkyl halides is 3. The molecule has 1 aliphatic carbocycles. The molecule has 0 heterocycles. The van der Waals surface area contributed by atoms with Gasteiger partial charge in [-0.2, -0.15) is 0 Å². The number of nitrogens with two attached hydrogens (primary N) is 1. The molecule has 1 aromatic rings. The summed E-state index contributed by atoms with van der Waals surface area (Å²) >= 11 is 0. The van der Waals surface area contributed by atoms with Crippen LogP contribution in [0.25, 0.3) is 0 Å². The molecule has 2 rings (SSSR count). The minimum absolute atomic E-state index is 0.134. The van der Waals surface area contributed by atoms with Crippen LogP contribution in [-0.4, -0.2) is 18.3 Å². The Morgan fingerprint density at radius 3 is 2.50 bits per heavy atom. The monoisotopic (exact) mass is 288 g/mol. The molecule has 1 fully saturated rings. The minimum Gasteiger partial charge on any atom is -0.404 e. The number of benzene rings is 1. The Morgan fingerprint density at radius 1 is 1.30 bits per heavy atom. The minimum atomic E-state index is -4.80. The van der Waals surface area contributed by atoms with Crippen molar-refractivity contribution in [1.29, 1.82) is 0 Å². The van der Waals surface area contributed by atoms with Gasteiger partial charge in [-0.05, 0) is 31.0 Å². The quantitative estimate of drug-likeness (QED) is 0.841. The molecule has 110 valence electrons. The molecule has 0 radical (unpaired) electrons. The number of carbonyl (C=O) groups excluding carboxylic acids is 1. The van der Waals surface area contributed by atoms with Gasteiger partial charge in [0.1, 0.15) is 0 Å². The third-order valence-corrected chi connectivity index (χ3v) is 3.19. The molecule has 1 aromatic carbocycles. The molecule has 1 saturated carbocycles. The van der Waals surface area contributed by atoms with Crippen LogP contribution < -0.4 is 15.8 Å². The van der Waals surface area contributed by atoms with E-state index >= 15 is 0 Å². The van der Waals surface area contributed by atoms with Crippen molar-refractivity contribution in [1.82, 2.24) is 5.32 Å². The summed E-state index contributed by atoms with van der Waals surface area (Å²) in [4.78, 5) is 11.9. The first kappa shape index (κ1) is 14.5. The lowest BCUT2D eigenvalue weighted by Crippen LogP contribution is -2.32. The van der Waals surface area contributed by atoms with Crippen LogP contribution in [0, 0.1) is 0 Å². The number of nitrogens with one attached hydrogen (secondary N) is 1. The molecule has 4 nitrogen and oxygen atoms in total. The average Bonchev–Trinajstić information content (AvgIpc) is 2.83. The Kier molecular flexibility index (Phi) is 4.06. The van der Waals surface area contributed by atoms with E-state index in [-0.39, 0.29) is 23.2 Å². The Balaban J connectivity index is 2.06. The van der Waals surface area contributed by atoms with Crippen LogP contribution in [0.4, 0.5) is 18.9 Å². The molecule has 0 aromatic heterocycles. The van der Waals surface area contributed by atoms with Gasteiger partial charge in [0.25, 0.3) is 5.91 Å². The van der Waals surface area contributed by atoms with E-state index in [0.717, 1.165) is 31.7 Å². The Bertz CT molecular complexity index is 497. The number of hydrogen-bond donors (Lipinski definition) is 2. The van der Waals surface area contributed by atoms with Gasteiger partial charge in [-0.3, -0.25) is 4.79 Å². The SMILES string of the molecule is Nc1cc(C(=O)NC2CCCC2)ccc1OC(F)(F)F. The normalized spacial score (nSPS) is 16.1. The fraction of sp³-hybridized carbons (Fsp3) is 0.462. The van der Waals surface area contributed by atoms with Crippen LogP contribution in [0.5, 0.6) is 5.75 Å². The summed E-state index contributed by atoms with van der Waals surface area (Å²) in [5.41, 5.74) is 5.47. The van der Waals surface area contributed by atoms with Crippen molar-refractivity contribution >= 4 is 11.6 Å². The second-order valence-electron chi connectivity index (χ2n) is 4.76. The van der Waals surface area contributed by atoms with Crippen LogP contribution in [0.2, 0.25) is 0 Å². The number of hydrogen-bond acceptors (Lipinski definition) is 3.